The summed E-state index contributed by atoms with van der Waals surface area (Å²) in [5, 5.41) is 3.94. The van der Waals surface area contributed by atoms with Crippen molar-refractivity contribution in [3.63, 3.8) is 0 Å². The van der Waals surface area contributed by atoms with Gasteiger partial charge in [-0.25, -0.2) is 0 Å². The van der Waals surface area contributed by atoms with Crippen LogP contribution in [0.1, 0.15) is 46.0 Å². The highest BCUT2D eigenvalue weighted by atomic mass is 32.2. The standard InChI is InChI=1S/C16H28N2O2S/c1-15(2)13-12(7-8-20-13)16(15,17)14(19)18-10-5-4-6-11(9-10)21-3/h10-13H,4-9,17H2,1-3H3,(H,18,19). The number of ether oxygens (including phenoxy) is 1. The van der Waals surface area contributed by atoms with E-state index in [1.54, 1.807) is 0 Å². The van der Waals surface area contributed by atoms with Gasteiger partial charge in [0.1, 0.15) is 5.54 Å². The highest BCUT2D eigenvalue weighted by molar-refractivity contribution is 7.99. The van der Waals surface area contributed by atoms with E-state index in [0.717, 1.165) is 25.9 Å². The van der Waals surface area contributed by atoms with Crippen molar-refractivity contribution in [3.8, 4) is 0 Å². The molecule has 5 atom stereocenters. The van der Waals surface area contributed by atoms with Crippen LogP contribution in [0.5, 0.6) is 0 Å². The van der Waals surface area contributed by atoms with Crippen LogP contribution in [0, 0.1) is 11.3 Å². The molecule has 0 aromatic rings. The fourth-order valence-electron chi connectivity index (χ4n) is 4.64. The first-order valence-electron chi connectivity index (χ1n) is 8.15. The molecule has 0 bridgehead atoms. The van der Waals surface area contributed by atoms with Crippen LogP contribution < -0.4 is 11.1 Å². The van der Waals surface area contributed by atoms with Crippen molar-refractivity contribution in [2.45, 2.75) is 68.9 Å². The second-order valence-electron chi connectivity index (χ2n) is 7.47. The Balaban J connectivity index is 1.67. The molecule has 0 spiro atoms. The molecule has 2 saturated carbocycles. The van der Waals surface area contributed by atoms with Gasteiger partial charge in [-0.15, -0.1) is 0 Å². The first kappa shape index (κ1) is 15.6. The Labute approximate surface area is 131 Å². The Kier molecular flexibility index (Phi) is 4.04. The quantitative estimate of drug-likeness (QED) is 0.836. The number of rotatable bonds is 3. The van der Waals surface area contributed by atoms with Crippen molar-refractivity contribution < 1.29 is 9.53 Å². The van der Waals surface area contributed by atoms with Crippen LogP contribution in [0.2, 0.25) is 0 Å². The van der Waals surface area contributed by atoms with Crippen LogP contribution in [0.4, 0.5) is 0 Å². The average Bonchev–Trinajstić information content (AvgIpc) is 2.94. The topological polar surface area (TPSA) is 64.4 Å². The van der Waals surface area contributed by atoms with Crippen molar-refractivity contribution in [1.82, 2.24) is 5.32 Å². The molecule has 0 radical (unpaired) electrons. The zero-order valence-electron chi connectivity index (χ0n) is 13.4. The number of nitrogens with two attached hydrogens (primary N) is 1. The van der Waals surface area contributed by atoms with Crippen molar-refractivity contribution in [2.24, 2.45) is 17.1 Å². The first-order chi connectivity index (χ1) is 9.91. The van der Waals surface area contributed by atoms with Gasteiger partial charge in [-0.2, -0.15) is 11.8 Å². The molecule has 3 rings (SSSR count). The smallest absolute Gasteiger partial charge is 0.241 e. The molecule has 2 aliphatic carbocycles. The van der Waals surface area contributed by atoms with Crippen LogP contribution in [-0.4, -0.2) is 41.7 Å². The molecule has 0 aromatic carbocycles. The Bertz CT molecular complexity index is 429. The Morgan fingerprint density at radius 2 is 2.10 bits per heavy atom. The number of fused-ring (bicyclic) bond motifs is 1. The maximum Gasteiger partial charge on any atom is 0.241 e. The number of nitrogens with one attached hydrogen (secondary N) is 1. The van der Waals surface area contributed by atoms with Gasteiger partial charge in [0.2, 0.25) is 5.91 Å². The highest BCUT2D eigenvalue weighted by Gasteiger charge is 2.71. The van der Waals surface area contributed by atoms with E-state index in [1.807, 2.05) is 11.8 Å². The fourth-order valence-corrected chi connectivity index (χ4v) is 5.47. The van der Waals surface area contributed by atoms with Crippen LogP contribution in [0.15, 0.2) is 0 Å². The first-order valence-corrected chi connectivity index (χ1v) is 9.44. The second-order valence-corrected chi connectivity index (χ2v) is 8.61. The molecule has 1 aliphatic heterocycles. The van der Waals surface area contributed by atoms with Gasteiger partial charge in [0.25, 0.3) is 0 Å². The van der Waals surface area contributed by atoms with E-state index in [1.165, 1.54) is 12.8 Å². The summed E-state index contributed by atoms with van der Waals surface area (Å²) < 4.78 is 5.77. The lowest BCUT2D eigenvalue weighted by molar-refractivity contribution is -0.176. The molecular formula is C16H28N2O2S. The summed E-state index contributed by atoms with van der Waals surface area (Å²) in [4.78, 5) is 12.9. The Morgan fingerprint density at radius 1 is 1.33 bits per heavy atom. The van der Waals surface area contributed by atoms with Crippen LogP contribution in [0.3, 0.4) is 0 Å². The molecule has 5 heteroatoms. The molecule has 5 unspecified atom stereocenters. The van der Waals surface area contributed by atoms with E-state index < -0.39 is 5.54 Å². The highest BCUT2D eigenvalue weighted by Crippen LogP contribution is 2.58. The van der Waals surface area contributed by atoms with E-state index in [4.69, 9.17) is 10.5 Å². The number of hydrogen-bond donors (Lipinski definition) is 2. The molecule has 3 aliphatic rings. The fraction of sp³-hybridized carbons (Fsp3) is 0.938. The molecule has 4 nitrogen and oxygen atoms in total. The monoisotopic (exact) mass is 312 g/mol. The minimum absolute atomic E-state index is 0.0472. The van der Waals surface area contributed by atoms with E-state index in [9.17, 15) is 4.79 Å². The minimum Gasteiger partial charge on any atom is -0.377 e. The Morgan fingerprint density at radius 3 is 2.81 bits per heavy atom. The molecule has 1 saturated heterocycles. The lowest BCUT2D eigenvalue weighted by Crippen LogP contribution is -2.80. The van der Waals surface area contributed by atoms with Gasteiger partial charge in [-0.1, -0.05) is 20.3 Å². The number of hydrogen-bond acceptors (Lipinski definition) is 4. The van der Waals surface area contributed by atoms with E-state index in [2.05, 4.69) is 25.4 Å². The normalized spacial score (nSPS) is 44.8. The SMILES string of the molecule is CSC1CCCC(NC(=O)C2(N)C3CCOC3C2(C)C)C1. The minimum atomic E-state index is -0.763. The number of thioether (sulfide) groups is 1. The van der Waals surface area contributed by atoms with Gasteiger partial charge < -0.3 is 15.8 Å². The maximum atomic E-state index is 12.9. The van der Waals surface area contributed by atoms with Crippen molar-refractivity contribution in [2.75, 3.05) is 12.9 Å². The zero-order chi connectivity index (χ0) is 15.3. The summed E-state index contributed by atoms with van der Waals surface area (Å²) in [7, 11) is 0. The molecule has 3 fully saturated rings. The molecule has 3 N–H and O–H groups in total. The van der Waals surface area contributed by atoms with Gasteiger partial charge in [0, 0.05) is 29.2 Å². The molecule has 1 amide bonds. The van der Waals surface area contributed by atoms with Crippen LogP contribution >= 0.6 is 11.8 Å². The van der Waals surface area contributed by atoms with Crippen molar-refractivity contribution in [3.05, 3.63) is 0 Å². The third-order valence-electron chi connectivity index (χ3n) is 6.12. The van der Waals surface area contributed by atoms with Gasteiger partial charge in [0.05, 0.1) is 6.10 Å². The van der Waals surface area contributed by atoms with E-state index >= 15 is 0 Å². The van der Waals surface area contributed by atoms with Gasteiger partial charge in [-0.05, 0) is 31.9 Å². The third-order valence-corrected chi connectivity index (χ3v) is 7.22. The summed E-state index contributed by atoms with van der Waals surface area (Å²) in [6.07, 6.45) is 7.86. The van der Waals surface area contributed by atoms with Crippen LogP contribution in [-0.2, 0) is 9.53 Å². The predicted molar refractivity (Wildman–Crippen MR) is 86.2 cm³/mol. The maximum absolute atomic E-state index is 12.9. The van der Waals surface area contributed by atoms with Gasteiger partial charge >= 0.3 is 0 Å². The number of carbonyl (C=O) groups is 1. The molecule has 0 aromatic heterocycles. The van der Waals surface area contributed by atoms with Gasteiger partial charge in [-0.3, -0.25) is 4.79 Å². The third kappa shape index (κ3) is 2.23. The largest absolute Gasteiger partial charge is 0.377 e. The number of amides is 1. The van der Waals surface area contributed by atoms with Gasteiger partial charge in [0.15, 0.2) is 0 Å². The number of carbonyl (C=O) groups excluding carboxylic acids is 1. The van der Waals surface area contributed by atoms with Crippen molar-refractivity contribution in [1.29, 1.82) is 0 Å². The lowest BCUT2D eigenvalue weighted by Gasteiger charge is -2.61. The molecule has 21 heavy (non-hydrogen) atoms. The van der Waals surface area contributed by atoms with Crippen LogP contribution in [0.25, 0.3) is 0 Å². The summed E-state index contributed by atoms with van der Waals surface area (Å²) in [6.45, 7) is 4.89. The predicted octanol–water partition coefficient (Wildman–Crippen LogP) is 1.92. The lowest BCUT2D eigenvalue weighted by atomic mass is 9.48. The molecule has 120 valence electrons. The second kappa shape index (κ2) is 5.43. The van der Waals surface area contributed by atoms with Crippen molar-refractivity contribution >= 4 is 17.7 Å². The average molecular weight is 312 g/mol. The summed E-state index contributed by atoms with van der Waals surface area (Å²) in [5.74, 6) is 0.235. The van der Waals surface area contributed by atoms with E-state index in [0.29, 0.717) is 11.3 Å². The summed E-state index contributed by atoms with van der Waals surface area (Å²) in [5.41, 5.74) is 5.56. The summed E-state index contributed by atoms with van der Waals surface area (Å²) in [6, 6.07) is 0.293. The molecular weight excluding hydrogens is 284 g/mol. The summed E-state index contributed by atoms with van der Waals surface area (Å²) >= 11 is 1.92. The zero-order valence-corrected chi connectivity index (χ0v) is 14.2. The van der Waals surface area contributed by atoms with E-state index in [-0.39, 0.29) is 23.3 Å². The molecule has 1 heterocycles. The Hall–Kier alpha value is -0.260.